The molecule has 0 amide bonds. The topological polar surface area (TPSA) is 56.7 Å². The average molecular weight is 641 g/mol. The van der Waals surface area contributed by atoms with Crippen molar-refractivity contribution in [3.63, 3.8) is 0 Å². The molecule has 0 unspecified atom stereocenters. The zero-order chi connectivity index (χ0) is 33.0. The Morgan fingerprint density at radius 2 is 0.880 bits per heavy atom. The van der Waals surface area contributed by atoms with Crippen molar-refractivity contribution in [1.82, 2.24) is 19.5 Å². The average Bonchev–Trinajstić information content (AvgIpc) is 3.75. The minimum absolute atomic E-state index is 0.564. The molecule has 234 valence electrons. The van der Waals surface area contributed by atoms with Gasteiger partial charge < -0.3 is 8.98 Å². The largest absolute Gasteiger partial charge is 0.455 e. The van der Waals surface area contributed by atoms with Gasteiger partial charge in [0, 0.05) is 38.2 Å². The first-order valence-corrected chi connectivity index (χ1v) is 16.7. The van der Waals surface area contributed by atoms with Gasteiger partial charge in [-0.05, 0) is 35.9 Å². The van der Waals surface area contributed by atoms with E-state index in [1.54, 1.807) is 0 Å². The summed E-state index contributed by atoms with van der Waals surface area (Å²) in [5, 5.41) is 4.53. The molecule has 3 heterocycles. The van der Waals surface area contributed by atoms with Gasteiger partial charge in [-0.1, -0.05) is 140 Å². The Balaban J connectivity index is 1.21. The molecule has 7 aromatic carbocycles. The maximum atomic E-state index is 6.76. The summed E-state index contributed by atoms with van der Waals surface area (Å²) in [5.41, 5.74) is 9.89. The number of rotatable bonds is 5. The van der Waals surface area contributed by atoms with Crippen molar-refractivity contribution in [3.8, 4) is 51.0 Å². The first kappa shape index (κ1) is 28.2. The molecule has 5 heteroatoms. The van der Waals surface area contributed by atoms with Crippen LogP contribution >= 0.6 is 0 Å². The molecule has 0 N–H and O–H groups in total. The highest BCUT2D eigenvalue weighted by Crippen LogP contribution is 2.43. The van der Waals surface area contributed by atoms with Crippen LogP contribution in [0.4, 0.5) is 0 Å². The lowest BCUT2D eigenvalue weighted by Crippen LogP contribution is -2.00. The fraction of sp³-hybridized carbons (Fsp3) is 0. The number of nitrogens with zero attached hydrogens (tertiary/aromatic N) is 4. The molecule has 50 heavy (non-hydrogen) atoms. The van der Waals surface area contributed by atoms with Crippen molar-refractivity contribution < 1.29 is 4.42 Å². The quantitative estimate of drug-likeness (QED) is 0.188. The normalized spacial score (nSPS) is 11.6. The molecule has 0 fully saturated rings. The second-order valence-corrected chi connectivity index (χ2v) is 12.4. The molecule has 3 aromatic heterocycles. The third-order valence-electron chi connectivity index (χ3n) is 9.48. The lowest BCUT2D eigenvalue weighted by molar-refractivity contribution is 0.669. The lowest BCUT2D eigenvalue weighted by atomic mass is 9.97. The van der Waals surface area contributed by atoms with Crippen molar-refractivity contribution >= 4 is 43.7 Å². The van der Waals surface area contributed by atoms with E-state index >= 15 is 0 Å². The van der Waals surface area contributed by atoms with E-state index in [-0.39, 0.29) is 0 Å². The van der Waals surface area contributed by atoms with Gasteiger partial charge in [-0.15, -0.1) is 0 Å². The molecule has 10 rings (SSSR count). The lowest BCUT2D eigenvalue weighted by Gasteiger charge is -2.14. The fourth-order valence-corrected chi connectivity index (χ4v) is 7.26. The molecule has 10 aromatic rings. The van der Waals surface area contributed by atoms with Crippen LogP contribution in [0.1, 0.15) is 0 Å². The zero-order valence-electron chi connectivity index (χ0n) is 26.9. The molecule has 0 aliphatic rings. The molecule has 0 aliphatic carbocycles. The highest BCUT2D eigenvalue weighted by Gasteiger charge is 2.21. The third kappa shape index (κ3) is 4.45. The Morgan fingerprint density at radius 3 is 1.56 bits per heavy atom. The van der Waals surface area contributed by atoms with Gasteiger partial charge in [0.1, 0.15) is 11.2 Å². The van der Waals surface area contributed by atoms with Gasteiger partial charge >= 0.3 is 0 Å². The SMILES string of the molecule is c1ccc(-c2nc(-c3ccccc3)nc(-c3cccc4c3oc3cccc(-c5ccccc5-n5c6ccccc6c6ccccc65)c34)n2)cc1. The van der Waals surface area contributed by atoms with Gasteiger partial charge in [0.25, 0.3) is 0 Å². The molecule has 0 radical (unpaired) electrons. The summed E-state index contributed by atoms with van der Waals surface area (Å²) < 4.78 is 9.14. The Morgan fingerprint density at radius 1 is 0.380 bits per heavy atom. The van der Waals surface area contributed by atoms with Crippen LogP contribution < -0.4 is 0 Å². The molecule has 0 saturated carbocycles. The minimum atomic E-state index is 0.564. The van der Waals surface area contributed by atoms with Crippen LogP contribution in [-0.4, -0.2) is 19.5 Å². The fourth-order valence-electron chi connectivity index (χ4n) is 7.26. The van der Waals surface area contributed by atoms with Crippen LogP contribution in [0.5, 0.6) is 0 Å². The minimum Gasteiger partial charge on any atom is -0.455 e. The monoisotopic (exact) mass is 640 g/mol. The number of furan rings is 1. The van der Waals surface area contributed by atoms with Gasteiger partial charge in [0.15, 0.2) is 17.5 Å². The number of hydrogen-bond acceptors (Lipinski definition) is 4. The Labute approximate surface area is 287 Å². The van der Waals surface area contributed by atoms with E-state index in [1.807, 2.05) is 72.8 Å². The number of para-hydroxylation sites is 4. The summed E-state index contributed by atoms with van der Waals surface area (Å²) in [4.78, 5) is 14.9. The predicted octanol–water partition coefficient (Wildman–Crippen LogP) is 11.5. The van der Waals surface area contributed by atoms with Gasteiger partial charge in [0.05, 0.1) is 22.3 Å². The van der Waals surface area contributed by atoms with Gasteiger partial charge in [0.2, 0.25) is 0 Å². The third-order valence-corrected chi connectivity index (χ3v) is 9.48. The molecular formula is C45H28N4O. The van der Waals surface area contributed by atoms with E-state index in [0.717, 1.165) is 55.4 Å². The van der Waals surface area contributed by atoms with Crippen LogP contribution in [0.25, 0.3) is 94.7 Å². The maximum Gasteiger partial charge on any atom is 0.167 e. The van der Waals surface area contributed by atoms with Gasteiger partial charge in [-0.2, -0.15) is 0 Å². The summed E-state index contributed by atoms with van der Waals surface area (Å²) >= 11 is 0. The van der Waals surface area contributed by atoms with Crippen molar-refractivity contribution in [2.24, 2.45) is 0 Å². The Kier molecular flexibility index (Phi) is 6.42. The van der Waals surface area contributed by atoms with Crippen LogP contribution in [0.3, 0.4) is 0 Å². The standard InChI is InChI=1S/C45H28N4O/c1-3-15-29(16-4-1)43-46-44(30-17-5-2-6-18-30)48-45(47-43)36-24-13-23-35-41-34(22-14-28-40(41)50-42(35)36)33-21-9-12-27-39(33)49-37-25-10-7-19-31(37)32-20-8-11-26-38(32)49/h1-28H. The second kappa shape index (κ2) is 11.4. The predicted molar refractivity (Wildman–Crippen MR) is 203 cm³/mol. The second-order valence-electron chi connectivity index (χ2n) is 12.4. The Hall–Kier alpha value is -6.85. The van der Waals surface area contributed by atoms with Crippen LogP contribution in [0.2, 0.25) is 0 Å². The number of benzene rings is 7. The van der Waals surface area contributed by atoms with E-state index in [4.69, 9.17) is 19.4 Å². The molecule has 0 saturated heterocycles. The Bertz CT molecular complexity index is 2760. The highest BCUT2D eigenvalue weighted by atomic mass is 16.3. The van der Waals surface area contributed by atoms with E-state index in [9.17, 15) is 0 Å². The molecule has 0 bridgehead atoms. The summed E-state index contributed by atoms with van der Waals surface area (Å²) in [6, 6.07) is 58.5. The first-order chi connectivity index (χ1) is 24.8. The summed E-state index contributed by atoms with van der Waals surface area (Å²) in [7, 11) is 0. The molecule has 5 nitrogen and oxygen atoms in total. The van der Waals surface area contributed by atoms with Crippen LogP contribution in [0, 0.1) is 0 Å². The van der Waals surface area contributed by atoms with Crippen molar-refractivity contribution in [3.05, 3.63) is 170 Å². The molecule has 0 atom stereocenters. The van der Waals surface area contributed by atoms with E-state index in [1.165, 1.54) is 21.8 Å². The van der Waals surface area contributed by atoms with E-state index < -0.39 is 0 Å². The maximum absolute atomic E-state index is 6.76. The van der Waals surface area contributed by atoms with E-state index in [0.29, 0.717) is 17.5 Å². The number of fused-ring (bicyclic) bond motifs is 6. The van der Waals surface area contributed by atoms with Crippen LogP contribution in [-0.2, 0) is 0 Å². The number of aromatic nitrogens is 4. The molecular weight excluding hydrogens is 613 g/mol. The summed E-state index contributed by atoms with van der Waals surface area (Å²) in [5.74, 6) is 1.79. The molecule has 0 spiro atoms. The highest BCUT2D eigenvalue weighted by molar-refractivity contribution is 6.16. The summed E-state index contributed by atoms with van der Waals surface area (Å²) in [6.07, 6.45) is 0. The first-order valence-electron chi connectivity index (χ1n) is 16.7. The van der Waals surface area contributed by atoms with Gasteiger partial charge in [-0.3, -0.25) is 0 Å². The molecule has 0 aliphatic heterocycles. The smallest absolute Gasteiger partial charge is 0.167 e. The van der Waals surface area contributed by atoms with E-state index in [2.05, 4.69) is 102 Å². The van der Waals surface area contributed by atoms with Crippen molar-refractivity contribution in [2.75, 3.05) is 0 Å². The van der Waals surface area contributed by atoms with Crippen LogP contribution in [0.15, 0.2) is 174 Å². The zero-order valence-corrected chi connectivity index (χ0v) is 26.9. The van der Waals surface area contributed by atoms with Crippen molar-refractivity contribution in [2.45, 2.75) is 0 Å². The van der Waals surface area contributed by atoms with Gasteiger partial charge in [-0.25, -0.2) is 15.0 Å². The number of hydrogen-bond donors (Lipinski definition) is 0. The van der Waals surface area contributed by atoms with Crippen molar-refractivity contribution in [1.29, 1.82) is 0 Å². The summed E-state index contributed by atoms with van der Waals surface area (Å²) in [6.45, 7) is 0.